The molecule has 0 fully saturated rings. The van der Waals surface area contributed by atoms with Crippen molar-refractivity contribution < 1.29 is 306 Å². The van der Waals surface area contributed by atoms with Crippen LogP contribution in [-0.4, -0.2) is 29.8 Å². The van der Waals surface area contributed by atoms with Crippen molar-refractivity contribution in [3.05, 3.63) is 46.0 Å². The number of benzene rings is 2. The Kier molecular flexibility index (Phi) is 25.5. The molecule has 10 nitrogen and oxygen atoms in total. The number of aromatic carboxylic acids is 5. The molecule has 0 radical (unpaired) electrons. The Balaban J connectivity index is -0.000000676. The second-order valence-electron chi connectivity index (χ2n) is 4.69. The zero-order chi connectivity index (χ0) is 19.0. The summed E-state index contributed by atoms with van der Waals surface area (Å²) in [4.78, 5) is 55.9. The van der Waals surface area contributed by atoms with Crippen LogP contribution in [0.5, 0.6) is 0 Å². The molecule has 0 saturated heterocycles. The minimum absolute atomic E-state index is 0. The molecular weight excluding hydrogens is 536 g/mol. The average Bonchev–Trinajstić information content (AvgIpc) is 2.50. The number of carbonyl (C=O) groups is 5. The molecule has 0 atom stereocenters. The second-order valence-corrected chi connectivity index (χ2v) is 4.69. The molecule has 0 bridgehead atoms. The molecule has 2 rings (SSSR count). The van der Waals surface area contributed by atoms with E-state index in [2.05, 4.69) is 0 Å². The molecule has 128 valence electrons. The zero-order valence-electron chi connectivity index (χ0n) is 16.8. The van der Waals surface area contributed by atoms with Gasteiger partial charge in [-0.15, -0.1) is 0 Å². The Labute approximate surface area is 381 Å². The molecule has 0 saturated carbocycles. The summed E-state index contributed by atoms with van der Waals surface area (Å²) >= 11 is 0. The Morgan fingerprint density at radius 1 is 0.467 bits per heavy atom. The maximum absolute atomic E-state index is 11.3. The number of carboxylic acid groups (broad SMARTS) is 5. The summed E-state index contributed by atoms with van der Waals surface area (Å²) in [5, 5.41) is 54.6. The second kappa shape index (κ2) is 18.5. The van der Waals surface area contributed by atoms with Crippen molar-refractivity contribution in [1.29, 1.82) is 0 Å². The van der Waals surface area contributed by atoms with Crippen LogP contribution in [0.15, 0.2) is 18.2 Å². The summed E-state index contributed by atoms with van der Waals surface area (Å²) in [6.45, 7) is 0. The minimum Gasteiger partial charge on any atom is -0.545 e. The zero-order valence-corrected chi connectivity index (χ0v) is 32.4. The third-order valence-corrected chi connectivity index (χ3v) is 3.38. The van der Waals surface area contributed by atoms with E-state index in [9.17, 15) is 49.5 Å². The van der Waals surface area contributed by atoms with Gasteiger partial charge in [0.1, 0.15) is 0 Å². The predicted molar refractivity (Wildman–Crippen MR) is 65.6 cm³/mol. The monoisotopic (exact) mass is 538 g/mol. The van der Waals surface area contributed by atoms with Crippen molar-refractivity contribution in [2.75, 3.05) is 0 Å². The summed E-state index contributed by atoms with van der Waals surface area (Å²) in [6, 6.07) is 1.86. The van der Waals surface area contributed by atoms with Gasteiger partial charge in [-0.25, -0.2) is 0 Å². The quantitative estimate of drug-likeness (QED) is 0.329. The molecule has 0 aliphatic heterocycles. The van der Waals surface area contributed by atoms with E-state index in [4.69, 9.17) is 0 Å². The third kappa shape index (κ3) is 9.60. The van der Waals surface area contributed by atoms with Gasteiger partial charge in [0.05, 0.1) is 29.8 Å². The number of fused-ring (bicyclic) bond motifs is 1. The van der Waals surface area contributed by atoms with Crippen LogP contribution in [0.4, 0.5) is 0 Å². The third-order valence-electron chi connectivity index (χ3n) is 3.38. The topological polar surface area (TPSA) is 201 Å². The van der Waals surface area contributed by atoms with Gasteiger partial charge in [-0.1, -0.05) is 12.1 Å². The van der Waals surface area contributed by atoms with Crippen LogP contribution in [0, 0.1) is 0 Å². The van der Waals surface area contributed by atoms with Crippen molar-refractivity contribution in [2.24, 2.45) is 0 Å². The van der Waals surface area contributed by atoms with Crippen molar-refractivity contribution in [1.82, 2.24) is 0 Å². The minimum atomic E-state index is -2.20. The molecule has 0 aliphatic rings. The molecule has 0 spiro atoms. The first-order chi connectivity index (χ1) is 11.6. The van der Waals surface area contributed by atoms with Crippen LogP contribution in [-0.2, 0) is 0 Å². The van der Waals surface area contributed by atoms with Gasteiger partial charge in [-0.05, 0) is 16.8 Å². The van der Waals surface area contributed by atoms with Crippen LogP contribution in [0.1, 0.15) is 51.8 Å². The van der Waals surface area contributed by atoms with E-state index in [1.807, 2.05) is 0 Å². The molecule has 0 N–H and O–H groups in total. The summed E-state index contributed by atoms with van der Waals surface area (Å²) in [5.74, 6) is -10.6. The van der Waals surface area contributed by atoms with Crippen molar-refractivity contribution >= 4 is 40.6 Å². The fourth-order valence-corrected chi connectivity index (χ4v) is 2.45. The summed E-state index contributed by atoms with van der Waals surface area (Å²) < 4.78 is 0. The SMILES string of the molecule is O=C([O-])c1cc2c(C(=O)[O-])c(C(=O)[O-])ccc2c(C(=O)[O-])c1C(=O)[O-].[K+].[K+].[K+].[K+].[K+]. The summed E-state index contributed by atoms with van der Waals surface area (Å²) in [5.41, 5.74) is -5.76. The van der Waals surface area contributed by atoms with E-state index in [-0.39, 0.29) is 257 Å². The van der Waals surface area contributed by atoms with Crippen LogP contribution in [0.3, 0.4) is 0 Å². The van der Waals surface area contributed by atoms with E-state index in [1.165, 1.54) is 0 Å². The largest absolute Gasteiger partial charge is 1.00 e. The predicted octanol–water partition coefficient (Wildman–Crippen LogP) is -20.3. The molecule has 2 aromatic carbocycles. The van der Waals surface area contributed by atoms with E-state index in [0.717, 1.165) is 6.07 Å². The molecule has 2 aromatic rings. The van der Waals surface area contributed by atoms with Crippen molar-refractivity contribution in [3.8, 4) is 0 Å². The number of carboxylic acids is 5. The van der Waals surface area contributed by atoms with Crippen LogP contribution < -0.4 is 282 Å². The molecule has 0 aliphatic carbocycles. The smallest absolute Gasteiger partial charge is 0.545 e. The van der Waals surface area contributed by atoms with Gasteiger partial charge in [-0.2, -0.15) is 0 Å². The first-order valence-electron chi connectivity index (χ1n) is 6.28. The molecule has 15 heteroatoms. The van der Waals surface area contributed by atoms with Gasteiger partial charge < -0.3 is 49.5 Å². The standard InChI is InChI=1S/C15H8O10.5K/c16-11(17)5-2-1-4-6(8(5)13(20)21)3-7(12(18)19)10(15(24)25)9(4)14(22)23;;;;;/h1-3H,(H,16,17)(H,18,19)(H,20,21)(H,22,23)(H,24,25);;;;;/q;5*+1/p-5. The maximum Gasteiger partial charge on any atom is 1.00 e. The Bertz CT molecular complexity index is 1010. The van der Waals surface area contributed by atoms with Gasteiger partial charge in [0.2, 0.25) is 0 Å². The van der Waals surface area contributed by atoms with E-state index in [0.29, 0.717) is 12.1 Å². The van der Waals surface area contributed by atoms with Gasteiger partial charge in [0.15, 0.2) is 0 Å². The van der Waals surface area contributed by atoms with Crippen LogP contribution in [0.25, 0.3) is 10.8 Å². The van der Waals surface area contributed by atoms with Gasteiger partial charge in [0, 0.05) is 27.8 Å². The van der Waals surface area contributed by atoms with Gasteiger partial charge >= 0.3 is 257 Å². The molecule has 0 unspecified atom stereocenters. The van der Waals surface area contributed by atoms with Crippen LogP contribution in [0.2, 0.25) is 0 Å². The first kappa shape index (κ1) is 41.4. The first-order valence-corrected chi connectivity index (χ1v) is 6.28. The maximum atomic E-state index is 11.3. The number of carbonyl (C=O) groups excluding carboxylic acids is 5. The number of hydrogen-bond donors (Lipinski definition) is 0. The molecule has 0 aromatic heterocycles. The summed E-state index contributed by atoms with van der Waals surface area (Å²) in [7, 11) is 0. The molecule has 0 heterocycles. The van der Waals surface area contributed by atoms with Crippen molar-refractivity contribution in [3.63, 3.8) is 0 Å². The normalized spacial score (nSPS) is 8.67. The molecule has 0 amide bonds. The Morgan fingerprint density at radius 2 is 0.867 bits per heavy atom. The van der Waals surface area contributed by atoms with E-state index >= 15 is 0 Å². The number of rotatable bonds is 5. The molecule has 30 heavy (non-hydrogen) atoms. The van der Waals surface area contributed by atoms with Gasteiger partial charge in [-0.3, -0.25) is 0 Å². The number of hydrogen-bond acceptors (Lipinski definition) is 10. The average molecular weight is 539 g/mol. The Hall–Kier alpha value is 4.23. The Morgan fingerprint density at radius 3 is 1.20 bits per heavy atom. The fourth-order valence-electron chi connectivity index (χ4n) is 2.45. The van der Waals surface area contributed by atoms with Crippen LogP contribution >= 0.6 is 0 Å². The summed E-state index contributed by atoms with van der Waals surface area (Å²) in [6.07, 6.45) is 0. The van der Waals surface area contributed by atoms with E-state index in [1.54, 1.807) is 0 Å². The van der Waals surface area contributed by atoms with E-state index < -0.39 is 68.4 Å². The van der Waals surface area contributed by atoms with Gasteiger partial charge in [0.25, 0.3) is 0 Å². The fraction of sp³-hybridized carbons (Fsp3) is 0. The van der Waals surface area contributed by atoms with Crippen molar-refractivity contribution in [2.45, 2.75) is 0 Å². The molecular formula is C15H3K5O10.